The van der Waals surface area contributed by atoms with Gasteiger partial charge in [0.1, 0.15) is 12.7 Å². The lowest BCUT2D eigenvalue weighted by atomic mass is 10.2. The molecule has 18 heavy (non-hydrogen) atoms. The molecule has 1 saturated heterocycles. The Bertz CT molecular complexity index is 303. The highest BCUT2D eigenvalue weighted by atomic mass is 16.7. The van der Waals surface area contributed by atoms with Crippen LogP contribution in [0, 0.1) is 0 Å². The molecule has 0 aromatic carbocycles. The average Bonchev–Trinajstić information content (AvgIpc) is 2.67. The predicted octanol–water partition coefficient (Wildman–Crippen LogP) is 1.02. The van der Waals surface area contributed by atoms with Crippen LogP contribution in [0.4, 0.5) is 0 Å². The fraction of sp³-hybridized carbons (Fsp3) is 0.833. The molecule has 1 rings (SSSR count). The summed E-state index contributed by atoms with van der Waals surface area (Å²) in [4.78, 5) is 21.9. The van der Waals surface area contributed by atoms with Gasteiger partial charge in [-0.15, -0.1) is 0 Å². The first-order valence-electron chi connectivity index (χ1n) is 6.06. The maximum Gasteiger partial charge on any atom is 0.305 e. The number of esters is 2. The summed E-state index contributed by atoms with van der Waals surface area (Å²) in [6, 6.07) is 0. The van der Waals surface area contributed by atoms with Crippen LogP contribution in [0.15, 0.2) is 0 Å². The van der Waals surface area contributed by atoms with Gasteiger partial charge in [-0.2, -0.15) is 0 Å². The van der Waals surface area contributed by atoms with Crippen LogP contribution in [-0.2, 0) is 28.5 Å². The number of hydrogen-bond donors (Lipinski definition) is 0. The van der Waals surface area contributed by atoms with Gasteiger partial charge in [0.05, 0.1) is 19.6 Å². The molecule has 0 N–H and O–H groups in total. The molecule has 1 fully saturated rings. The van der Waals surface area contributed by atoms with Gasteiger partial charge >= 0.3 is 11.9 Å². The quantitative estimate of drug-likeness (QED) is 0.664. The Kier molecular flexibility index (Phi) is 5.55. The van der Waals surface area contributed by atoms with Gasteiger partial charge in [-0.1, -0.05) is 0 Å². The highest BCUT2D eigenvalue weighted by Gasteiger charge is 2.37. The molecule has 0 bridgehead atoms. The molecule has 6 heteroatoms. The van der Waals surface area contributed by atoms with Crippen molar-refractivity contribution in [3.8, 4) is 0 Å². The van der Waals surface area contributed by atoms with E-state index in [0.717, 1.165) is 0 Å². The maximum atomic E-state index is 11.2. The van der Waals surface area contributed by atoms with E-state index in [1.807, 2.05) is 0 Å². The van der Waals surface area contributed by atoms with E-state index in [2.05, 4.69) is 0 Å². The molecule has 2 unspecified atom stereocenters. The van der Waals surface area contributed by atoms with Crippen LogP contribution in [-0.4, -0.2) is 43.7 Å². The third kappa shape index (κ3) is 5.01. The molecule has 0 amide bonds. The molecular weight excluding hydrogens is 240 g/mol. The van der Waals surface area contributed by atoms with Crippen molar-refractivity contribution in [2.75, 3.05) is 19.8 Å². The molecule has 1 aliphatic rings. The van der Waals surface area contributed by atoms with E-state index >= 15 is 0 Å². The van der Waals surface area contributed by atoms with Crippen LogP contribution in [0.2, 0.25) is 0 Å². The van der Waals surface area contributed by atoms with E-state index < -0.39 is 5.79 Å². The minimum absolute atomic E-state index is 0.171. The van der Waals surface area contributed by atoms with Crippen LogP contribution >= 0.6 is 0 Å². The van der Waals surface area contributed by atoms with Crippen LogP contribution in [0.1, 0.15) is 33.6 Å². The number of carbonyl (C=O) groups is 2. The Labute approximate surface area is 107 Å². The van der Waals surface area contributed by atoms with Gasteiger partial charge in [0.2, 0.25) is 0 Å². The molecule has 1 aliphatic heterocycles. The molecule has 0 aromatic heterocycles. The van der Waals surface area contributed by atoms with Gasteiger partial charge < -0.3 is 18.9 Å². The summed E-state index contributed by atoms with van der Waals surface area (Å²) in [6.07, 6.45) is 0.383. The topological polar surface area (TPSA) is 71.1 Å². The average molecular weight is 260 g/mol. The Balaban J connectivity index is 2.29. The Morgan fingerprint density at radius 3 is 2.72 bits per heavy atom. The van der Waals surface area contributed by atoms with Crippen molar-refractivity contribution < 1.29 is 28.5 Å². The van der Waals surface area contributed by atoms with Crippen LogP contribution in [0.5, 0.6) is 0 Å². The van der Waals surface area contributed by atoms with Crippen LogP contribution < -0.4 is 0 Å². The van der Waals surface area contributed by atoms with Crippen molar-refractivity contribution in [3.63, 3.8) is 0 Å². The van der Waals surface area contributed by atoms with Crippen molar-refractivity contribution in [3.05, 3.63) is 0 Å². The van der Waals surface area contributed by atoms with E-state index in [1.165, 1.54) is 6.92 Å². The molecule has 0 saturated carbocycles. The van der Waals surface area contributed by atoms with Gasteiger partial charge in [-0.25, -0.2) is 0 Å². The highest BCUT2D eigenvalue weighted by molar-refractivity contribution is 5.69. The van der Waals surface area contributed by atoms with Gasteiger partial charge in [-0.05, 0) is 13.8 Å². The van der Waals surface area contributed by atoms with E-state index in [1.54, 1.807) is 13.8 Å². The first kappa shape index (κ1) is 14.9. The van der Waals surface area contributed by atoms with E-state index in [0.29, 0.717) is 19.6 Å². The normalized spacial score (nSPS) is 26.9. The van der Waals surface area contributed by atoms with Crippen LogP contribution in [0.3, 0.4) is 0 Å². The van der Waals surface area contributed by atoms with Crippen molar-refractivity contribution in [1.82, 2.24) is 0 Å². The minimum atomic E-state index is -0.808. The summed E-state index contributed by atoms with van der Waals surface area (Å²) in [5, 5.41) is 0. The smallest absolute Gasteiger partial charge is 0.305 e. The summed E-state index contributed by atoms with van der Waals surface area (Å²) < 4.78 is 20.8. The Hall–Kier alpha value is -1.14. The molecule has 0 radical (unpaired) electrons. The van der Waals surface area contributed by atoms with Gasteiger partial charge in [0.25, 0.3) is 0 Å². The molecular formula is C12H20O6. The zero-order valence-electron chi connectivity index (χ0n) is 11.1. The summed E-state index contributed by atoms with van der Waals surface area (Å²) in [5.74, 6) is -1.43. The van der Waals surface area contributed by atoms with E-state index in [4.69, 9.17) is 18.9 Å². The van der Waals surface area contributed by atoms with Crippen molar-refractivity contribution in [1.29, 1.82) is 0 Å². The maximum absolute atomic E-state index is 11.2. The predicted molar refractivity (Wildman–Crippen MR) is 61.7 cm³/mol. The minimum Gasteiger partial charge on any atom is -0.466 e. The summed E-state index contributed by atoms with van der Waals surface area (Å²) >= 11 is 0. The number of rotatable bonds is 6. The highest BCUT2D eigenvalue weighted by Crippen LogP contribution is 2.28. The molecule has 0 spiro atoms. The fourth-order valence-electron chi connectivity index (χ4n) is 1.68. The molecule has 0 aromatic rings. The Morgan fingerprint density at radius 2 is 2.11 bits per heavy atom. The molecule has 2 atom stereocenters. The molecule has 104 valence electrons. The lowest BCUT2D eigenvalue weighted by Gasteiger charge is -2.22. The molecule has 0 aliphatic carbocycles. The van der Waals surface area contributed by atoms with E-state index in [-0.39, 0.29) is 31.1 Å². The second kappa shape index (κ2) is 6.70. The second-order valence-corrected chi connectivity index (χ2v) is 4.29. The van der Waals surface area contributed by atoms with Gasteiger partial charge in [-0.3, -0.25) is 9.59 Å². The third-order valence-corrected chi connectivity index (χ3v) is 2.55. The van der Waals surface area contributed by atoms with Crippen molar-refractivity contribution >= 4 is 11.9 Å². The zero-order chi connectivity index (χ0) is 13.6. The lowest BCUT2D eigenvalue weighted by molar-refractivity contribution is -0.173. The molecule has 1 heterocycles. The second-order valence-electron chi connectivity index (χ2n) is 4.29. The van der Waals surface area contributed by atoms with E-state index in [9.17, 15) is 9.59 Å². The summed E-state index contributed by atoms with van der Waals surface area (Å²) in [6.45, 7) is 5.76. The lowest BCUT2D eigenvalue weighted by Crippen LogP contribution is -2.29. The summed E-state index contributed by atoms with van der Waals surface area (Å²) in [7, 11) is 0. The number of hydrogen-bond acceptors (Lipinski definition) is 6. The monoisotopic (exact) mass is 260 g/mol. The first-order valence-corrected chi connectivity index (χ1v) is 6.06. The SMILES string of the molecule is CCOC(=O)CCC1(C)OCC(COC(C)=O)O1. The fourth-order valence-corrected chi connectivity index (χ4v) is 1.68. The first-order chi connectivity index (χ1) is 8.45. The van der Waals surface area contributed by atoms with Gasteiger partial charge in [0, 0.05) is 13.3 Å². The number of ether oxygens (including phenoxy) is 4. The summed E-state index contributed by atoms with van der Waals surface area (Å²) in [5.41, 5.74) is 0. The number of carbonyl (C=O) groups excluding carboxylic acids is 2. The largest absolute Gasteiger partial charge is 0.466 e. The standard InChI is InChI=1S/C12H20O6/c1-4-15-11(14)5-6-12(3)17-8-10(18-12)7-16-9(2)13/h10H,4-8H2,1-3H3. The van der Waals surface area contributed by atoms with Crippen molar-refractivity contribution in [2.45, 2.75) is 45.5 Å². The van der Waals surface area contributed by atoms with Crippen LogP contribution in [0.25, 0.3) is 0 Å². The van der Waals surface area contributed by atoms with Gasteiger partial charge in [0.15, 0.2) is 5.79 Å². The van der Waals surface area contributed by atoms with Crippen molar-refractivity contribution in [2.24, 2.45) is 0 Å². The third-order valence-electron chi connectivity index (χ3n) is 2.55. The molecule has 6 nitrogen and oxygen atoms in total. The zero-order valence-corrected chi connectivity index (χ0v) is 11.1. The Morgan fingerprint density at radius 1 is 1.39 bits per heavy atom.